The zero-order valence-electron chi connectivity index (χ0n) is 14.9. The fourth-order valence-electron chi connectivity index (χ4n) is 2.61. The summed E-state index contributed by atoms with van der Waals surface area (Å²) in [6.07, 6.45) is -2.33. The Balaban J connectivity index is 0.00000338. The normalized spacial score (nSPS) is 17.6. The zero-order chi connectivity index (χ0) is 18.3. The molecule has 1 aromatic carbocycles. The SMILES string of the molecule is CCNC(=NCc1ccc(OC)cc1C(F)(F)F)NCC1CCCO1.I. The van der Waals surface area contributed by atoms with Crippen LogP contribution in [-0.2, 0) is 17.5 Å². The van der Waals surface area contributed by atoms with Crippen molar-refractivity contribution < 1.29 is 22.6 Å². The van der Waals surface area contributed by atoms with Crippen molar-refractivity contribution in [1.29, 1.82) is 0 Å². The van der Waals surface area contributed by atoms with Crippen LogP contribution in [0.4, 0.5) is 13.2 Å². The van der Waals surface area contributed by atoms with Crippen LogP contribution in [0.5, 0.6) is 5.75 Å². The second kappa shape index (κ2) is 10.8. The van der Waals surface area contributed by atoms with Gasteiger partial charge in [0.1, 0.15) is 5.75 Å². The highest BCUT2D eigenvalue weighted by atomic mass is 127. The predicted octanol–water partition coefficient (Wildman–Crippen LogP) is 3.57. The van der Waals surface area contributed by atoms with Gasteiger partial charge in [-0.25, -0.2) is 4.99 Å². The van der Waals surface area contributed by atoms with Crippen molar-refractivity contribution in [3.63, 3.8) is 0 Å². The number of alkyl halides is 3. The summed E-state index contributed by atoms with van der Waals surface area (Å²) in [6, 6.07) is 3.90. The van der Waals surface area contributed by atoms with E-state index in [9.17, 15) is 13.2 Å². The average molecular weight is 487 g/mol. The number of methoxy groups -OCH3 is 1. The largest absolute Gasteiger partial charge is 0.497 e. The summed E-state index contributed by atoms with van der Waals surface area (Å²) < 4.78 is 50.1. The molecule has 1 atom stereocenters. The fourth-order valence-corrected chi connectivity index (χ4v) is 2.61. The van der Waals surface area contributed by atoms with Gasteiger partial charge in [0.05, 0.1) is 25.3 Å². The molecular formula is C17H25F3IN3O2. The quantitative estimate of drug-likeness (QED) is 0.366. The highest BCUT2D eigenvalue weighted by Gasteiger charge is 2.33. The van der Waals surface area contributed by atoms with Crippen molar-refractivity contribution in [1.82, 2.24) is 10.6 Å². The summed E-state index contributed by atoms with van der Waals surface area (Å²) in [5.74, 6) is 0.644. The monoisotopic (exact) mass is 487 g/mol. The summed E-state index contributed by atoms with van der Waals surface area (Å²) in [7, 11) is 1.34. The Kier molecular flexibility index (Phi) is 9.48. The van der Waals surface area contributed by atoms with Gasteiger partial charge in [0.15, 0.2) is 5.96 Å². The van der Waals surface area contributed by atoms with Crippen LogP contribution in [0.1, 0.15) is 30.9 Å². The standard InChI is InChI=1S/C17H24F3N3O2.HI/c1-3-21-16(23-11-14-5-4-8-25-14)22-10-12-6-7-13(24-2)9-15(12)17(18,19)20;/h6-7,9,14H,3-5,8,10-11H2,1-2H3,(H2,21,22,23);1H. The van der Waals surface area contributed by atoms with Crippen molar-refractivity contribution in [2.45, 2.75) is 38.6 Å². The van der Waals surface area contributed by atoms with Crippen molar-refractivity contribution in [2.24, 2.45) is 4.99 Å². The van der Waals surface area contributed by atoms with E-state index in [0.717, 1.165) is 25.5 Å². The van der Waals surface area contributed by atoms with Crippen LogP contribution in [0, 0.1) is 0 Å². The lowest BCUT2D eigenvalue weighted by molar-refractivity contribution is -0.138. The summed E-state index contributed by atoms with van der Waals surface area (Å²) in [6.45, 7) is 3.77. The minimum atomic E-state index is -4.46. The molecule has 148 valence electrons. The molecule has 1 aliphatic heterocycles. The van der Waals surface area contributed by atoms with Gasteiger partial charge in [-0.3, -0.25) is 0 Å². The maximum absolute atomic E-state index is 13.2. The van der Waals surface area contributed by atoms with Gasteiger partial charge in [0, 0.05) is 19.7 Å². The number of halogens is 4. The molecule has 0 aromatic heterocycles. The van der Waals surface area contributed by atoms with E-state index in [1.54, 1.807) is 0 Å². The van der Waals surface area contributed by atoms with E-state index in [4.69, 9.17) is 9.47 Å². The first-order chi connectivity index (χ1) is 11.9. The van der Waals surface area contributed by atoms with Crippen LogP contribution < -0.4 is 15.4 Å². The zero-order valence-corrected chi connectivity index (χ0v) is 17.2. The number of benzene rings is 1. The third-order valence-electron chi connectivity index (χ3n) is 3.90. The molecular weight excluding hydrogens is 462 g/mol. The molecule has 1 saturated heterocycles. The van der Waals surface area contributed by atoms with Crippen LogP contribution in [0.25, 0.3) is 0 Å². The molecule has 1 aromatic rings. The molecule has 0 saturated carbocycles. The summed E-state index contributed by atoms with van der Waals surface area (Å²) in [5.41, 5.74) is -0.631. The second-order valence-electron chi connectivity index (χ2n) is 5.73. The lowest BCUT2D eigenvalue weighted by Gasteiger charge is -2.16. The molecule has 2 N–H and O–H groups in total. The van der Waals surface area contributed by atoms with Crippen LogP contribution in [0.2, 0.25) is 0 Å². The van der Waals surface area contributed by atoms with Gasteiger partial charge in [-0.2, -0.15) is 13.2 Å². The molecule has 0 spiro atoms. The predicted molar refractivity (Wildman–Crippen MR) is 105 cm³/mol. The molecule has 0 radical (unpaired) electrons. The Labute approximate surface area is 168 Å². The molecule has 1 aliphatic rings. The minimum absolute atomic E-state index is 0. The van der Waals surface area contributed by atoms with E-state index in [2.05, 4.69) is 15.6 Å². The Hall–Kier alpha value is -1.23. The molecule has 1 heterocycles. The van der Waals surface area contributed by atoms with Gasteiger partial charge in [0.2, 0.25) is 0 Å². The number of hydrogen-bond acceptors (Lipinski definition) is 3. The number of hydrogen-bond donors (Lipinski definition) is 2. The number of rotatable bonds is 6. The molecule has 1 unspecified atom stereocenters. The number of aliphatic imine (C=N–C) groups is 1. The van der Waals surface area contributed by atoms with E-state index in [-0.39, 0.29) is 47.9 Å². The first-order valence-corrected chi connectivity index (χ1v) is 8.32. The molecule has 9 heteroatoms. The van der Waals surface area contributed by atoms with Crippen LogP contribution in [-0.4, -0.2) is 38.9 Å². The minimum Gasteiger partial charge on any atom is -0.497 e. The second-order valence-corrected chi connectivity index (χ2v) is 5.73. The van der Waals surface area contributed by atoms with Crippen LogP contribution in [0.15, 0.2) is 23.2 Å². The third kappa shape index (κ3) is 6.82. The van der Waals surface area contributed by atoms with Gasteiger partial charge < -0.3 is 20.1 Å². The van der Waals surface area contributed by atoms with Gasteiger partial charge in [-0.15, -0.1) is 24.0 Å². The maximum atomic E-state index is 13.2. The molecule has 5 nitrogen and oxygen atoms in total. The fraction of sp³-hybridized carbons (Fsp3) is 0.588. The van der Waals surface area contributed by atoms with Crippen molar-refractivity contribution in [3.05, 3.63) is 29.3 Å². The van der Waals surface area contributed by atoms with Crippen LogP contribution in [0.3, 0.4) is 0 Å². The smallest absolute Gasteiger partial charge is 0.416 e. The number of guanidine groups is 1. The lowest BCUT2D eigenvalue weighted by atomic mass is 10.1. The Morgan fingerprint density at radius 1 is 1.35 bits per heavy atom. The van der Waals surface area contributed by atoms with Crippen LogP contribution >= 0.6 is 24.0 Å². The third-order valence-corrected chi connectivity index (χ3v) is 3.90. The average Bonchev–Trinajstić information content (AvgIpc) is 3.10. The Bertz CT molecular complexity index is 591. The molecule has 2 rings (SSSR count). The summed E-state index contributed by atoms with van der Waals surface area (Å²) >= 11 is 0. The number of ether oxygens (including phenoxy) is 2. The number of nitrogens with one attached hydrogen (secondary N) is 2. The highest BCUT2D eigenvalue weighted by Crippen LogP contribution is 2.34. The van der Waals surface area contributed by atoms with Crippen molar-refractivity contribution in [3.8, 4) is 5.75 Å². The van der Waals surface area contributed by atoms with Gasteiger partial charge in [-0.1, -0.05) is 6.07 Å². The topological polar surface area (TPSA) is 54.9 Å². The van der Waals surface area contributed by atoms with E-state index in [0.29, 0.717) is 19.0 Å². The van der Waals surface area contributed by atoms with E-state index in [1.807, 2.05) is 6.92 Å². The first-order valence-electron chi connectivity index (χ1n) is 8.32. The lowest BCUT2D eigenvalue weighted by Crippen LogP contribution is -2.41. The van der Waals surface area contributed by atoms with Gasteiger partial charge in [0.25, 0.3) is 0 Å². The molecule has 0 bridgehead atoms. The van der Waals surface area contributed by atoms with Crippen molar-refractivity contribution in [2.75, 3.05) is 26.8 Å². The van der Waals surface area contributed by atoms with Crippen molar-refractivity contribution >= 4 is 29.9 Å². The summed E-state index contributed by atoms with van der Waals surface area (Å²) in [5, 5.41) is 6.16. The van der Waals surface area contributed by atoms with Gasteiger partial charge >= 0.3 is 6.18 Å². The summed E-state index contributed by atoms with van der Waals surface area (Å²) in [4.78, 5) is 4.27. The molecule has 1 fully saturated rings. The Morgan fingerprint density at radius 3 is 2.69 bits per heavy atom. The molecule has 0 amide bonds. The number of nitrogens with zero attached hydrogens (tertiary/aromatic N) is 1. The van der Waals surface area contributed by atoms with E-state index >= 15 is 0 Å². The van der Waals surface area contributed by atoms with E-state index in [1.165, 1.54) is 19.2 Å². The molecule has 26 heavy (non-hydrogen) atoms. The maximum Gasteiger partial charge on any atom is 0.416 e. The Morgan fingerprint density at radius 2 is 2.12 bits per heavy atom. The first kappa shape index (κ1) is 22.8. The molecule has 0 aliphatic carbocycles. The van der Waals surface area contributed by atoms with E-state index < -0.39 is 11.7 Å². The van der Waals surface area contributed by atoms with Gasteiger partial charge in [-0.05, 0) is 37.5 Å². The highest BCUT2D eigenvalue weighted by molar-refractivity contribution is 14.0.